The molecule has 0 aromatic carbocycles. The highest BCUT2D eigenvalue weighted by atomic mass is 16.5. The van der Waals surface area contributed by atoms with Gasteiger partial charge in [0.2, 0.25) is 0 Å². The third-order valence-electron chi connectivity index (χ3n) is 5.04. The predicted molar refractivity (Wildman–Crippen MR) is 90.8 cm³/mol. The van der Waals surface area contributed by atoms with Crippen LogP contribution in [0.25, 0.3) is 0 Å². The van der Waals surface area contributed by atoms with Crippen LogP contribution in [0.5, 0.6) is 5.75 Å². The van der Waals surface area contributed by atoms with E-state index >= 15 is 0 Å². The highest BCUT2D eigenvalue weighted by Crippen LogP contribution is 2.34. The lowest BCUT2D eigenvalue weighted by atomic mass is 9.78. The molecule has 0 bridgehead atoms. The van der Waals surface area contributed by atoms with Crippen molar-refractivity contribution < 1.29 is 14.6 Å². The molecule has 1 unspecified atom stereocenters. The van der Waals surface area contributed by atoms with E-state index in [-0.39, 0.29) is 12.0 Å². The van der Waals surface area contributed by atoms with Gasteiger partial charge >= 0.3 is 0 Å². The van der Waals surface area contributed by atoms with E-state index in [9.17, 15) is 5.11 Å². The number of likely N-dealkylation sites (tertiary alicyclic amines) is 1. The van der Waals surface area contributed by atoms with E-state index in [4.69, 9.17) is 9.47 Å². The van der Waals surface area contributed by atoms with Crippen LogP contribution in [0.2, 0.25) is 0 Å². The van der Waals surface area contributed by atoms with Gasteiger partial charge in [-0.25, -0.2) is 0 Å². The van der Waals surface area contributed by atoms with Gasteiger partial charge < -0.3 is 14.6 Å². The second-order valence-corrected chi connectivity index (χ2v) is 6.76. The molecule has 2 rings (SSSR count). The lowest BCUT2D eigenvalue weighted by molar-refractivity contribution is 0.00430. The Morgan fingerprint density at radius 1 is 1.35 bits per heavy atom. The van der Waals surface area contributed by atoms with Crippen molar-refractivity contribution in [3.8, 4) is 5.75 Å². The van der Waals surface area contributed by atoms with Crippen LogP contribution in [0.4, 0.5) is 0 Å². The van der Waals surface area contributed by atoms with Crippen LogP contribution in [0.1, 0.15) is 36.1 Å². The maximum Gasteiger partial charge on any atom is 0.128 e. The Morgan fingerprint density at radius 3 is 2.78 bits per heavy atom. The second kappa shape index (κ2) is 8.08. The first-order valence-corrected chi connectivity index (χ1v) is 8.36. The number of ether oxygens (including phenoxy) is 2. The fraction of sp³-hybridized carbons (Fsp3) is 0.722. The lowest BCUT2D eigenvalue weighted by Gasteiger charge is -2.42. The van der Waals surface area contributed by atoms with Gasteiger partial charge in [-0.15, -0.1) is 0 Å². The molecule has 2 heterocycles. The quantitative estimate of drug-likeness (QED) is 0.835. The molecule has 1 saturated heterocycles. The van der Waals surface area contributed by atoms with Crippen LogP contribution in [-0.2, 0) is 11.3 Å². The van der Waals surface area contributed by atoms with E-state index < -0.39 is 0 Å². The van der Waals surface area contributed by atoms with Gasteiger partial charge in [0.25, 0.3) is 0 Å². The van der Waals surface area contributed by atoms with Gasteiger partial charge in [-0.05, 0) is 39.7 Å². The number of rotatable bonds is 7. The maximum atomic E-state index is 9.91. The Bertz CT molecular complexity index is 521. The van der Waals surface area contributed by atoms with E-state index in [1.165, 1.54) is 0 Å². The number of hydrogen-bond acceptors (Lipinski definition) is 5. The molecule has 1 aliphatic rings. The van der Waals surface area contributed by atoms with E-state index in [0.29, 0.717) is 6.61 Å². The normalized spacial score (nSPS) is 22.3. The number of nitrogens with zero attached hydrogens (tertiary/aromatic N) is 2. The van der Waals surface area contributed by atoms with Crippen LogP contribution >= 0.6 is 0 Å². The molecule has 0 radical (unpaired) electrons. The van der Waals surface area contributed by atoms with E-state index in [1.807, 2.05) is 13.1 Å². The van der Waals surface area contributed by atoms with Gasteiger partial charge in [-0.1, -0.05) is 0 Å². The summed E-state index contributed by atoms with van der Waals surface area (Å²) in [6, 6.07) is 0. The van der Waals surface area contributed by atoms with Gasteiger partial charge in [0.1, 0.15) is 5.75 Å². The summed E-state index contributed by atoms with van der Waals surface area (Å²) in [5.41, 5.74) is 3.20. The first-order valence-electron chi connectivity index (χ1n) is 8.36. The summed E-state index contributed by atoms with van der Waals surface area (Å²) >= 11 is 0. The number of methoxy groups -OCH3 is 2. The van der Waals surface area contributed by atoms with Crippen molar-refractivity contribution in [3.05, 3.63) is 23.0 Å². The van der Waals surface area contributed by atoms with E-state index in [1.54, 1.807) is 14.2 Å². The Labute approximate surface area is 139 Å². The van der Waals surface area contributed by atoms with E-state index in [2.05, 4.69) is 16.8 Å². The summed E-state index contributed by atoms with van der Waals surface area (Å²) in [6.45, 7) is 7.75. The first kappa shape index (κ1) is 18.2. The summed E-state index contributed by atoms with van der Waals surface area (Å²) in [7, 11) is 3.43. The standard InChI is InChI=1S/C18H30N2O3/c1-14-10-19-16(15(2)17(14)23-4)11-20-8-5-6-18(12-20,13-21)7-9-22-3/h10,21H,5-9,11-13H2,1-4H3. The molecule has 0 amide bonds. The Hall–Kier alpha value is -1.17. The van der Waals surface area contributed by atoms with Crippen molar-refractivity contribution in [1.82, 2.24) is 9.88 Å². The largest absolute Gasteiger partial charge is 0.496 e. The number of aromatic nitrogens is 1. The molecule has 1 N–H and O–H groups in total. The molecule has 1 aromatic heterocycles. The van der Waals surface area contributed by atoms with Crippen molar-refractivity contribution >= 4 is 0 Å². The molecular formula is C18H30N2O3. The number of piperidine rings is 1. The van der Waals surface area contributed by atoms with E-state index in [0.717, 1.165) is 61.5 Å². The monoisotopic (exact) mass is 322 g/mol. The minimum absolute atomic E-state index is 0.0447. The third kappa shape index (κ3) is 4.22. The minimum atomic E-state index is -0.0447. The number of aryl methyl sites for hydroxylation is 1. The average Bonchev–Trinajstić information content (AvgIpc) is 2.56. The Kier molecular flexibility index (Phi) is 6.39. The summed E-state index contributed by atoms with van der Waals surface area (Å²) in [4.78, 5) is 7.01. The molecule has 1 fully saturated rings. The molecule has 0 aliphatic carbocycles. The maximum absolute atomic E-state index is 9.91. The molecule has 0 saturated carbocycles. The van der Waals surface area contributed by atoms with Crippen LogP contribution < -0.4 is 4.74 Å². The van der Waals surface area contributed by atoms with Gasteiger partial charge in [-0.2, -0.15) is 0 Å². The van der Waals surface area contributed by atoms with Gasteiger partial charge in [0.15, 0.2) is 0 Å². The molecule has 5 nitrogen and oxygen atoms in total. The number of hydrogen-bond donors (Lipinski definition) is 1. The number of aliphatic hydroxyl groups excluding tert-OH is 1. The summed E-state index contributed by atoms with van der Waals surface area (Å²) in [5.74, 6) is 0.930. The van der Waals surface area contributed by atoms with Crippen LogP contribution in [0.3, 0.4) is 0 Å². The Balaban J connectivity index is 2.11. The predicted octanol–water partition coefficient (Wildman–Crippen LogP) is 2.32. The molecule has 1 atom stereocenters. The highest BCUT2D eigenvalue weighted by Gasteiger charge is 2.34. The zero-order chi connectivity index (χ0) is 16.9. The first-order chi connectivity index (χ1) is 11.0. The van der Waals surface area contributed by atoms with Crippen molar-refractivity contribution in [3.63, 3.8) is 0 Å². The third-order valence-corrected chi connectivity index (χ3v) is 5.04. The molecular weight excluding hydrogens is 292 g/mol. The average molecular weight is 322 g/mol. The minimum Gasteiger partial charge on any atom is -0.496 e. The summed E-state index contributed by atoms with van der Waals surface area (Å²) in [6.07, 6.45) is 4.95. The highest BCUT2D eigenvalue weighted by molar-refractivity contribution is 5.41. The van der Waals surface area contributed by atoms with Crippen molar-refractivity contribution in [1.29, 1.82) is 0 Å². The molecule has 5 heteroatoms. The van der Waals surface area contributed by atoms with Crippen molar-refractivity contribution in [2.75, 3.05) is 40.5 Å². The molecule has 0 spiro atoms. The molecule has 1 aliphatic heterocycles. The van der Waals surface area contributed by atoms with Gasteiger partial charge in [-0.3, -0.25) is 9.88 Å². The fourth-order valence-corrected chi connectivity index (χ4v) is 3.62. The van der Waals surface area contributed by atoms with Gasteiger partial charge in [0.05, 0.1) is 19.4 Å². The Morgan fingerprint density at radius 2 is 2.13 bits per heavy atom. The second-order valence-electron chi connectivity index (χ2n) is 6.76. The SMILES string of the molecule is COCCC1(CO)CCCN(Cc2ncc(C)c(OC)c2C)C1. The van der Waals surface area contributed by atoms with Crippen LogP contribution in [0.15, 0.2) is 6.20 Å². The summed E-state index contributed by atoms with van der Waals surface area (Å²) in [5, 5.41) is 9.91. The number of pyridine rings is 1. The fourth-order valence-electron chi connectivity index (χ4n) is 3.62. The van der Waals surface area contributed by atoms with Crippen LogP contribution in [-0.4, -0.2) is 55.5 Å². The summed E-state index contributed by atoms with van der Waals surface area (Å²) < 4.78 is 10.7. The van der Waals surface area contributed by atoms with Crippen molar-refractivity contribution in [2.24, 2.45) is 5.41 Å². The smallest absolute Gasteiger partial charge is 0.128 e. The zero-order valence-electron chi connectivity index (χ0n) is 14.9. The van der Waals surface area contributed by atoms with Crippen molar-refractivity contribution in [2.45, 2.75) is 39.7 Å². The van der Waals surface area contributed by atoms with Crippen LogP contribution in [0, 0.1) is 19.3 Å². The van der Waals surface area contributed by atoms with Gasteiger partial charge in [0, 0.05) is 49.5 Å². The molecule has 130 valence electrons. The molecule has 23 heavy (non-hydrogen) atoms. The zero-order valence-corrected chi connectivity index (χ0v) is 14.9. The topological polar surface area (TPSA) is 54.8 Å². The number of aliphatic hydroxyl groups is 1. The molecule has 1 aromatic rings. The lowest BCUT2D eigenvalue weighted by Crippen LogP contribution is -2.45.